The van der Waals surface area contributed by atoms with E-state index in [1.165, 1.54) is 0 Å². The Morgan fingerprint density at radius 1 is 1.16 bits per heavy atom. The Labute approximate surface area is 147 Å². The number of fused-ring (bicyclic) bond motifs is 2. The Hall–Kier alpha value is -2.75. The molecule has 0 atom stereocenters. The summed E-state index contributed by atoms with van der Waals surface area (Å²) in [7, 11) is 0. The van der Waals surface area contributed by atoms with E-state index >= 15 is 0 Å². The van der Waals surface area contributed by atoms with Crippen molar-refractivity contribution < 1.29 is 13.9 Å². The van der Waals surface area contributed by atoms with Crippen LogP contribution in [0.2, 0.25) is 0 Å². The highest BCUT2D eigenvalue weighted by molar-refractivity contribution is 5.95. The molecule has 2 aromatic carbocycles. The van der Waals surface area contributed by atoms with Gasteiger partial charge in [0.25, 0.3) is 5.91 Å². The number of furan rings is 1. The second-order valence-electron chi connectivity index (χ2n) is 6.70. The van der Waals surface area contributed by atoms with E-state index in [0.717, 1.165) is 34.5 Å². The van der Waals surface area contributed by atoms with Crippen molar-refractivity contribution in [1.29, 1.82) is 0 Å². The van der Waals surface area contributed by atoms with Crippen LogP contribution in [-0.4, -0.2) is 23.5 Å². The van der Waals surface area contributed by atoms with E-state index in [9.17, 15) is 4.79 Å². The molecule has 0 spiro atoms. The smallest absolute Gasteiger partial charge is 0.254 e. The quantitative estimate of drug-likeness (QED) is 0.709. The Morgan fingerprint density at radius 2 is 2.00 bits per heavy atom. The lowest BCUT2D eigenvalue weighted by Crippen LogP contribution is -2.36. The van der Waals surface area contributed by atoms with Crippen molar-refractivity contribution in [2.24, 2.45) is 0 Å². The molecule has 1 amide bonds. The van der Waals surface area contributed by atoms with Gasteiger partial charge in [-0.15, -0.1) is 0 Å². The number of hydrogen-bond acceptors (Lipinski definition) is 3. The number of benzene rings is 2. The Bertz CT molecular complexity index is 893. The van der Waals surface area contributed by atoms with Gasteiger partial charge in [0.2, 0.25) is 0 Å². The first kappa shape index (κ1) is 15.8. The summed E-state index contributed by atoms with van der Waals surface area (Å²) in [5, 5.41) is 1.06. The molecule has 25 heavy (non-hydrogen) atoms. The highest BCUT2D eigenvalue weighted by atomic mass is 16.5. The molecule has 0 bridgehead atoms. The van der Waals surface area contributed by atoms with E-state index in [0.29, 0.717) is 18.7 Å². The SMILES string of the molecule is CC(C)N(Cc1cc2ccccc2o1)C(=O)c1ccc2c(c1)CCO2. The van der Waals surface area contributed by atoms with Crippen molar-refractivity contribution in [1.82, 2.24) is 4.90 Å². The fourth-order valence-electron chi connectivity index (χ4n) is 3.26. The third-order valence-electron chi connectivity index (χ3n) is 4.62. The number of hydrogen-bond donors (Lipinski definition) is 0. The molecule has 4 rings (SSSR count). The van der Waals surface area contributed by atoms with Gasteiger partial charge in [0.1, 0.15) is 17.1 Å². The number of carbonyl (C=O) groups excluding carboxylic acids is 1. The molecule has 128 valence electrons. The van der Waals surface area contributed by atoms with Crippen LogP contribution >= 0.6 is 0 Å². The Balaban J connectivity index is 1.61. The molecule has 0 aliphatic carbocycles. The fourth-order valence-corrected chi connectivity index (χ4v) is 3.26. The van der Waals surface area contributed by atoms with Gasteiger partial charge in [0.15, 0.2) is 0 Å². The third-order valence-corrected chi connectivity index (χ3v) is 4.62. The molecule has 0 radical (unpaired) electrons. The minimum absolute atomic E-state index is 0.0187. The van der Waals surface area contributed by atoms with Gasteiger partial charge in [-0.25, -0.2) is 0 Å². The predicted octanol–water partition coefficient (Wildman–Crippen LogP) is 4.42. The van der Waals surface area contributed by atoms with Crippen molar-refractivity contribution in [3.8, 4) is 5.75 Å². The molecule has 2 heterocycles. The van der Waals surface area contributed by atoms with E-state index in [4.69, 9.17) is 9.15 Å². The zero-order valence-electron chi connectivity index (χ0n) is 14.5. The normalized spacial score (nSPS) is 13.1. The average molecular weight is 335 g/mol. The number of ether oxygens (including phenoxy) is 1. The molecule has 0 N–H and O–H groups in total. The molecular formula is C21H21NO3. The van der Waals surface area contributed by atoms with Gasteiger partial charge in [-0.3, -0.25) is 4.79 Å². The first-order valence-electron chi connectivity index (χ1n) is 8.66. The summed E-state index contributed by atoms with van der Waals surface area (Å²) in [5.41, 5.74) is 2.66. The molecule has 0 saturated heterocycles. The maximum atomic E-state index is 13.0. The number of para-hydroxylation sites is 1. The zero-order chi connectivity index (χ0) is 17.4. The second kappa shape index (κ2) is 6.28. The zero-order valence-corrected chi connectivity index (χ0v) is 14.5. The standard InChI is InChI=1S/C21H21NO3/c1-14(2)22(13-18-12-15-5-3-4-6-20(15)25-18)21(23)17-7-8-19-16(11-17)9-10-24-19/h3-8,11-12,14H,9-10,13H2,1-2H3. The maximum Gasteiger partial charge on any atom is 0.254 e. The molecule has 1 aliphatic rings. The summed E-state index contributed by atoms with van der Waals surface area (Å²) in [6.45, 7) is 5.20. The number of nitrogens with zero attached hydrogens (tertiary/aromatic N) is 1. The lowest BCUT2D eigenvalue weighted by Gasteiger charge is -2.26. The summed E-state index contributed by atoms with van der Waals surface area (Å²) in [6, 6.07) is 15.7. The highest BCUT2D eigenvalue weighted by Crippen LogP contribution is 2.27. The van der Waals surface area contributed by atoms with Crippen LogP contribution in [0.5, 0.6) is 5.75 Å². The lowest BCUT2D eigenvalue weighted by atomic mass is 10.1. The third kappa shape index (κ3) is 3.00. The van der Waals surface area contributed by atoms with Crippen LogP contribution in [0.3, 0.4) is 0 Å². The minimum atomic E-state index is 0.0187. The van der Waals surface area contributed by atoms with Gasteiger partial charge in [0, 0.05) is 23.4 Å². The molecule has 3 aromatic rings. The van der Waals surface area contributed by atoms with E-state index in [1.54, 1.807) is 0 Å². The van der Waals surface area contributed by atoms with Crippen LogP contribution in [0, 0.1) is 0 Å². The van der Waals surface area contributed by atoms with Gasteiger partial charge < -0.3 is 14.1 Å². The molecule has 4 heteroatoms. The van der Waals surface area contributed by atoms with Crippen molar-refractivity contribution in [3.63, 3.8) is 0 Å². The monoisotopic (exact) mass is 335 g/mol. The van der Waals surface area contributed by atoms with Crippen molar-refractivity contribution in [2.45, 2.75) is 32.9 Å². The second-order valence-corrected chi connectivity index (χ2v) is 6.70. The Morgan fingerprint density at radius 3 is 2.80 bits per heavy atom. The number of amides is 1. The summed E-state index contributed by atoms with van der Waals surface area (Å²) < 4.78 is 11.4. The topological polar surface area (TPSA) is 42.7 Å². The molecular weight excluding hydrogens is 314 g/mol. The van der Waals surface area contributed by atoms with Gasteiger partial charge in [-0.2, -0.15) is 0 Å². The van der Waals surface area contributed by atoms with Gasteiger partial charge in [0.05, 0.1) is 13.2 Å². The summed E-state index contributed by atoms with van der Waals surface area (Å²) in [6.07, 6.45) is 0.863. The summed E-state index contributed by atoms with van der Waals surface area (Å²) in [5.74, 6) is 1.71. The maximum absolute atomic E-state index is 13.0. The number of rotatable bonds is 4. The van der Waals surface area contributed by atoms with Crippen LogP contribution < -0.4 is 4.74 Å². The lowest BCUT2D eigenvalue weighted by molar-refractivity contribution is 0.0677. The van der Waals surface area contributed by atoms with E-state index in [2.05, 4.69) is 0 Å². The predicted molar refractivity (Wildman–Crippen MR) is 96.9 cm³/mol. The molecule has 0 fully saturated rings. The first-order chi connectivity index (χ1) is 12.1. The Kier molecular flexibility index (Phi) is 3.96. The molecule has 4 nitrogen and oxygen atoms in total. The van der Waals surface area contributed by atoms with Crippen molar-refractivity contribution in [3.05, 3.63) is 65.4 Å². The number of carbonyl (C=O) groups is 1. The average Bonchev–Trinajstić information content (AvgIpc) is 3.23. The van der Waals surface area contributed by atoms with Gasteiger partial charge >= 0.3 is 0 Å². The molecule has 1 aliphatic heterocycles. The van der Waals surface area contributed by atoms with Crippen LogP contribution in [-0.2, 0) is 13.0 Å². The van der Waals surface area contributed by atoms with Crippen LogP contribution in [0.4, 0.5) is 0 Å². The van der Waals surface area contributed by atoms with E-state index in [-0.39, 0.29) is 11.9 Å². The van der Waals surface area contributed by atoms with Crippen LogP contribution in [0.15, 0.2) is 52.9 Å². The van der Waals surface area contributed by atoms with E-state index in [1.807, 2.05) is 67.3 Å². The molecule has 0 unspecified atom stereocenters. The van der Waals surface area contributed by atoms with Gasteiger partial charge in [-0.1, -0.05) is 18.2 Å². The van der Waals surface area contributed by atoms with Crippen LogP contribution in [0.1, 0.15) is 35.5 Å². The fraction of sp³-hybridized carbons (Fsp3) is 0.286. The summed E-state index contributed by atoms with van der Waals surface area (Å²) >= 11 is 0. The summed E-state index contributed by atoms with van der Waals surface area (Å²) in [4.78, 5) is 14.9. The molecule has 1 aromatic heterocycles. The van der Waals surface area contributed by atoms with E-state index < -0.39 is 0 Å². The molecule has 0 saturated carbocycles. The van der Waals surface area contributed by atoms with Gasteiger partial charge in [-0.05, 0) is 49.7 Å². The largest absolute Gasteiger partial charge is 0.493 e. The minimum Gasteiger partial charge on any atom is -0.493 e. The van der Waals surface area contributed by atoms with Crippen molar-refractivity contribution in [2.75, 3.05) is 6.61 Å². The highest BCUT2D eigenvalue weighted by Gasteiger charge is 2.22. The van der Waals surface area contributed by atoms with Crippen molar-refractivity contribution >= 4 is 16.9 Å². The van der Waals surface area contributed by atoms with Crippen LogP contribution in [0.25, 0.3) is 11.0 Å². The first-order valence-corrected chi connectivity index (χ1v) is 8.66.